The van der Waals surface area contributed by atoms with Crippen LogP contribution >= 0.6 is 0 Å². The number of carbonyl (C=O) groups excluding carboxylic acids is 1. The van der Waals surface area contributed by atoms with Gasteiger partial charge in [-0.2, -0.15) is 0 Å². The quantitative estimate of drug-likeness (QED) is 0.819. The van der Waals surface area contributed by atoms with Gasteiger partial charge in [-0.05, 0) is 49.3 Å². The first-order chi connectivity index (χ1) is 10.0. The Morgan fingerprint density at radius 1 is 1.52 bits per heavy atom. The zero-order valence-electron chi connectivity index (χ0n) is 12.7. The lowest BCUT2D eigenvalue weighted by atomic mass is 10.2. The SMILES string of the molecule is CC1CC1c1ccc(C=CC(=O)N(C)CC(O)C2CC2)o1. The summed E-state index contributed by atoms with van der Waals surface area (Å²) in [4.78, 5) is 13.5. The topological polar surface area (TPSA) is 53.7 Å². The molecule has 2 fully saturated rings. The smallest absolute Gasteiger partial charge is 0.246 e. The molecule has 0 bridgehead atoms. The molecule has 0 saturated heterocycles. The number of likely N-dealkylation sites (N-methyl/N-ethyl adjacent to an activating group) is 1. The van der Waals surface area contributed by atoms with Gasteiger partial charge in [-0.3, -0.25) is 4.79 Å². The highest BCUT2D eigenvalue weighted by Gasteiger charge is 2.36. The third-order valence-electron chi connectivity index (χ3n) is 4.52. The Hall–Kier alpha value is -1.55. The first-order valence-electron chi connectivity index (χ1n) is 7.75. The summed E-state index contributed by atoms with van der Waals surface area (Å²) in [5.74, 6) is 3.29. The highest BCUT2D eigenvalue weighted by atomic mass is 16.3. The van der Waals surface area contributed by atoms with Crippen molar-refractivity contribution in [3.63, 3.8) is 0 Å². The minimum absolute atomic E-state index is 0.104. The number of rotatable bonds is 6. The lowest BCUT2D eigenvalue weighted by molar-refractivity contribution is -0.126. The number of furan rings is 1. The van der Waals surface area contributed by atoms with Crippen molar-refractivity contribution in [2.45, 2.75) is 38.2 Å². The van der Waals surface area contributed by atoms with Crippen LogP contribution in [0.15, 0.2) is 22.6 Å². The molecule has 0 aliphatic heterocycles. The molecule has 1 aromatic heterocycles. The van der Waals surface area contributed by atoms with Gasteiger partial charge in [0.2, 0.25) is 5.91 Å². The lowest BCUT2D eigenvalue weighted by Gasteiger charge is -2.19. The number of aliphatic hydroxyl groups excluding tert-OH is 1. The number of hydrogen-bond donors (Lipinski definition) is 1. The molecule has 2 aliphatic carbocycles. The molecular weight excluding hydrogens is 266 g/mol. The summed E-state index contributed by atoms with van der Waals surface area (Å²) in [5.41, 5.74) is 0. The summed E-state index contributed by atoms with van der Waals surface area (Å²) in [6.07, 6.45) is 6.18. The van der Waals surface area contributed by atoms with E-state index < -0.39 is 0 Å². The van der Waals surface area contributed by atoms with Gasteiger partial charge < -0.3 is 14.4 Å². The molecule has 1 amide bonds. The molecule has 2 aliphatic rings. The maximum Gasteiger partial charge on any atom is 0.246 e. The van der Waals surface area contributed by atoms with Crippen LogP contribution in [0.1, 0.15) is 43.6 Å². The van der Waals surface area contributed by atoms with Gasteiger partial charge in [-0.25, -0.2) is 0 Å². The Balaban J connectivity index is 1.52. The number of nitrogens with zero attached hydrogens (tertiary/aromatic N) is 1. The zero-order chi connectivity index (χ0) is 15.0. The molecule has 0 spiro atoms. The first kappa shape index (κ1) is 14.4. The zero-order valence-corrected chi connectivity index (χ0v) is 12.7. The molecule has 114 valence electrons. The Labute approximate surface area is 125 Å². The van der Waals surface area contributed by atoms with Crippen LogP contribution in [0.3, 0.4) is 0 Å². The molecule has 1 heterocycles. The van der Waals surface area contributed by atoms with E-state index in [1.807, 2.05) is 12.1 Å². The van der Waals surface area contributed by atoms with Crippen LogP contribution in [0.4, 0.5) is 0 Å². The van der Waals surface area contributed by atoms with Crippen molar-refractivity contribution in [3.05, 3.63) is 29.7 Å². The highest BCUT2D eigenvalue weighted by Crippen LogP contribution is 2.47. The van der Waals surface area contributed by atoms with E-state index in [0.717, 1.165) is 18.6 Å². The summed E-state index contributed by atoms with van der Waals surface area (Å²) in [6.45, 7) is 2.61. The minimum Gasteiger partial charge on any atom is -0.461 e. The standard InChI is InChI=1S/C17H23NO3/c1-11-9-14(11)16-7-5-13(21-16)6-8-17(20)18(2)10-15(19)12-3-4-12/h5-8,11-12,14-15,19H,3-4,9-10H2,1-2H3. The van der Waals surface area contributed by atoms with Crippen LogP contribution < -0.4 is 0 Å². The Morgan fingerprint density at radius 2 is 2.24 bits per heavy atom. The predicted octanol–water partition coefficient (Wildman–Crippen LogP) is 2.65. The number of carbonyl (C=O) groups is 1. The molecule has 3 unspecified atom stereocenters. The summed E-state index contributed by atoms with van der Waals surface area (Å²) in [6, 6.07) is 3.90. The van der Waals surface area contributed by atoms with Crippen molar-refractivity contribution >= 4 is 12.0 Å². The molecule has 1 N–H and O–H groups in total. The molecule has 1 aromatic rings. The lowest BCUT2D eigenvalue weighted by Crippen LogP contribution is -2.34. The van der Waals surface area contributed by atoms with Crippen molar-refractivity contribution in [1.29, 1.82) is 0 Å². The number of aliphatic hydroxyl groups is 1. The normalized spacial score (nSPS) is 26.0. The van der Waals surface area contributed by atoms with Gasteiger partial charge in [-0.15, -0.1) is 0 Å². The third-order valence-corrected chi connectivity index (χ3v) is 4.52. The van der Waals surface area contributed by atoms with Gasteiger partial charge in [0.25, 0.3) is 0 Å². The fourth-order valence-electron chi connectivity index (χ4n) is 2.66. The monoisotopic (exact) mass is 289 g/mol. The van der Waals surface area contributed by atoms with Crippen LogP contribution in [-0.2, 0) is 4.79 Å². The molecule has 2 saturated carbocycles. The molecule has 3 rings (SSSR count). The largest absolute Gasteiger partial charge is 0.461 e. The Morgan fingerprint density at radius 3 is 2.86 bits per heavy atom. The average molecular weight is 289 g/mol. The van der Waals surface area contributed by atoms with Crippen molar-refractivity contribution < 1.29 is 14.3 Å². The van der Waals surface area contributed by atoms with Crippen molar-refractivity contribution in [2.24, 2.45) is 11.8 Å². The average Bonchev–Trinajstić information content (AvgIpc) is 3.37. The second-order valence-corrected chi connectivity index (χ2v) is 6.52. The van der Waals surface area contributed by atoms with E-state index in [1.54, 1.807) is 18.0 Å². The van der Waals surface area contributed by atoms with E-state index in [9.17, 15) is 9.90 Å². The van der Waals surface area contributed by atoms with Crippen LogP contribution in [0, 0.1) is 11.8 Å². The molecular formula is C17H23NO3. The van der Waals surface area contributed by atoms with E-state index in [0.29, 0.717) is 30.1 Å². The fraction of sp³-hybridized carbons (Fsp3) is 0.588. The minimum atomic E-state index is -0.390. The van der Waals surface area contributed by atoms with Gasteiger partial charge >= 0.3 is 0 Å². The maximum absolute atomic E-state index is 12.0. The summed E-state index contributed by atoms with van der Waals surface area (Å²) in [5, 5.41) is 9.85. The van der Waals surface area contributed by atoms with Gasteiger partial charge in [0.1, 0.15) is 11.5 Å². The molecule has 21 heavy (non-hydrogen) atoms. The Bertz CT molecular complexity index is 544. The second-order valence-electron chi connectivity index (χ2n) is 6.52. The van der Waals surface area contributed by atoms with E-state index >= 15 is 0 Å². The fourth-order valence-corrected chi connectivity index (χ4v) is 2.66. The molecule has 0 aromatic carbocycles. The van der Waals surface area contributed by atoms with Crippen LogP contribution in [-0.4, -0.2) is 35.6 Å². The van der Waals surface area contributed by atoms with Crippen molar-refractivity contribution in [3.8, 4) is 0 Å². The van der Waals surface area contributed by atoms with Gasteiger partial charge in [-0.1, -0.05) is 6.92 Å². The summed E-state index contributed by atoms with van der Waals surface area (Å²) in [7, 11) is 1.72. The van der Waals surface area contributed by atoms with E-state index in [2.05, 4.69) is 6.92 Å². The van der Waals surface area contributed by atoms with Gasteiger partial charge in [0.15, 0.2) is 0 Å². The van der Waals surface area contributed by atoms with Crippen LogP contribution in [0.2, 0.25) is 0 Å². The van der Waals surface area contributed by atoms with Crippen LogP contribution in [0.25, 0.3) is 6.08 Å². The predicted molar refractivity (Wildman–Crippen MR) is 80.6 cm³/mol. The van der Waals surface area contributed by atoms with Crippen LogP contribution in [0.5, 0.6) is 0 Å². The first-order valence-corrected chi connectivity index (χ1v) is 7.75. The molecule has 4 nitrogen and oxygen atoms in total. The van der Waals surface area contributed by atoms with E-state index in [4.69, 9.17) is 4.42 Å². The molecule has 0 radical (unpaired) electrons. The second kappa shape index (κ2) is 5.68. The van der Waals surface area contributed by atoms with Crippen molar-refractivity contribution in [2.75, 3.05) is 13.6 Å². The van der Waals surface area contributed by atoms with Gasteiger partial charge in [0.05, 0.1) is 6.10 Å². The molecule has 3 atom stereocenters. The maximum atomic E-state index is 12.0. The summed E-state index contributed by atoms with van der Waals surface area (Å²) < 4.78 is 5.73. The Kier molecular flexibility index (Phi) is 3.89. The number of amides is 1. The highest BCUT2D eigenvalue weighted by molar-refractivity contribution is 5.91. The molecule has 4 heteroatoms. The van der Waals surface area contributed by atoms with E-state index in [1.165, 1.54) is 12.5 Å². The van der Waals surface area contributed by atoms with Gasteiger partial charge in [0, 0.05) is 25.6 Å². The van der Waals surface area contributed by atoms with E-state index in [-0.39, 0.29) is 12.0 Å². The third kappa shape index (κ3) is 3.56. The summed E-state index contributed by atoms with van der Waals surface area (Å²) >= 11 is 0. The van der Waals surface area contributed by atoms with Crippen molar-refractivity contribution in [1.82, 2.24) is 4.90 Å². The number of hydrogen-bond acceptors (Lipinski definition) is 3.